The van der Waals surface area contributed by atoms with Gasteiger partial charge in [-0.2, -0.15) is 0 Å². The van der Waals surface area contributed by atoms with E-state index in [-0.39, 0.29) is 62.4 Å². The summed E-state index contributed by atoms with van der Waals surface area (Å²) >= 11 is 0. The number of rotatable bonds is 19. The van der Waals surface area contributed by atoms with Crippen LogP contribution in [0.3, 0.4) is 0 Å². The van der Waals surface area contributed by atoms with Gasteiger partial charge in [0.1, 0.15) is 5.78 Å². The van der Waals surface area contributed by atoms with Crippen LogP contribution >= 0.6 is 0 Å². The highest BCUT2D eigenvalue weighted by Gasteiger charge is 2.21. The molecule has 8 heteroatoms. The smallest absolute Gasteiger partial charge is 0.309 e. The maximum Gasteiger partial charge on any atom is 0.309 e. The van der Waals surface area contributed by atoms with Crippen molar-refractivity contribution >= 4 is 23.7 Å². The van der Waals surface area contributed by atoms with E-state index in [1.807, 2.05) is 0 Å². The molecule has 8 nitrogen and oxygen atoms in total. The molecule has 0 bridgehead atoms. The van der Waals surface area contributed by atoms with E-state index in [1.165, 1.54) is 6.92 Å². The van der Waals surface area contributed by atoms with Crippen LogP contribution in [-0.4, -0.2) is 54.7 Å². The molecule has 0 heterocycles. The molecular formula is C24H40O8. The molecule has 0 fully saturated rings. The van der Waals surface area contributed by atoms with Gasteiger partial charge in [-0.05, 0) is 65.7 Å². The molecule has 32 heavy (non-hydrogen) atoms. The minimum Gasteiger partial charge on any atom is -0.466 e. The fourth-order valence-corrected chi connectivity index (χ4v) is 3.10. The summed E-state index contributed by atoms with van der Waals surface area (Å²) in [6.07, 6.45) is 5.32. The van der Waals surface area contributed by atoms with E-state index < -0.39 is 11.9 Å². The number of allylic oxidation sites excluding steroid dienone is 1. The number of unbranched alkanes of at least 4 members (excludes halogenated alkanes) is 1. The highest BCUT2D eigenvalue weighted by Crippen LogP contribution is 2.16. The first-order chi connectivity index (χ1) is 15.2. The van der Waals surface area contributed by atoms with Gasteiger partial charge in [0.15, 0.2) is 0 Å². The maximum atomic E-state index is 12.1. The fraction of sp³-hybridized carbons (Fsp3) is 0.750. The molecule has 0 rings (SSSR count). The molecule has 0 aliphatic carbocycles. The largest absolute Gasteiger partial charge is 0.466 e. The normalized spacial score (nSPS) is 12.7. The number of ketones is 1. The van der Waals surface area contributed by atoms with Crippen molar-refractivity contribution in [2.45, 2.75) is 84.7 Å². The Bertz CT molecular complexity index is 585. The molecule has 0 saturated carbocycles. The quantitative estimate of drug-likeness (QED) is 0.136. The predicted molar refractivity (Wildman–Crippen MR) is 120 cm³/mol. The van der Waals surface area contributed by atoms with Crippen molar-refractivity contribution in [1.82, 2.24) is 0 Å². The number of ether oxygens (including phenoxy) is 3. The first-order valence-corrected chi connectivity index (χ1v) is 11.4. The highest BCUT2D eigenvalue weighted by atomic mass is 16.5. The molecule has 0 aliphatic heterocycles. The monoisotopic (exact) mass is 456 g/mol. The molecule has 184 valence electrons. The number of aliphatic hydroxyl groups is 1. The molecule has 0 aromatic rings. The van der Waals surface area contributed by atoms with E-state index in [1.54, 1.807) is 19.9 Å². The van der Waals surface area contributed by atoms with Crippen molar-refractivity contribution in [2.75, 3.05) is 19.8 Å². The van der Waals surface area contributed by atoms with E-state index in [4.69, 9.17) is 19.3 Å². The molecule has 1 N–H and O–H groups in total. The molecule has 0 amide bonds. The SMILES string of the molecule is C=CCC(CCCOC(=O)CCCCOC(=O)C(CCCO)CC(C)=O)C(=O)OC(C)C. The molecule has 2 atom stereocenters. The molecule has 0 saturated heterocycles. The second-order valence-electron chi connectivity index (χ2n) is 8.16. The third kappa shape index (κ3) is 15.6. The van der Waals surface area contributed by atoms with Crippen LogP contribution in [0.25, 0.3) is 0 Å². The summed E-state index contributed by atoms with van der Waals surface area (Å²) in [5.41, 5.74) is 0. The lowest BCUT2D eigenvalue weighted by Crippen LogP contribution is -2.21. The number of hydrogen-bond acceptors (Lipinski definition) is 8. The van der Waals surface area contributed by atoms with Gasteiger partial charge in [0, 0.05) is 19.4 Å². The minimum absolute atomic E-state index is 0.0409. The number of carbonyl (C=O) groups is 4. The lowest BCUT2D eigenvalue weighted by molar-refractivity contribution is -0.152. The molecule has 0 spiro atoms. The van der Waals surface area contributed by atoms with Gasteiger partial charge in [0.05, 0.1) is 31.2 Å². The molecular weight excluding hydrogens is 416 g/mol. The van der Waals surface area contributed by atoms with Crippen LogP contribution in [-0.2, 0) is 33.4 Å². The zero-order valence-corrected chi connectivity index (χ0v) is 19.8. The van der Waals surface area contributed by atoms with Crippen LogP contribution < -0.4 is 0 Å². The van der Waals surface area contributed by atoms with Crippen molar-refractivity contribution < 1.29 is 38.5 Å². The molecule has 2 unspecified atom stereocenters. The summed E-state index contributed by atoms with van der Waals surface area (Å²) < 4.78 is 15.6. The Balaban J connectivity index is 4.03. The van der Waals surface area contributed by atoms with Crippen molar-refractivity contribution in [3.05, 3.63) is 12.7 Å². The topological polar surface area (TPSA) is 116 Å². The van der Waals surface area contributed by atoms with Crippen LogP contribution in [0.4, 0.5) is 0 Å². The van der Waals surface area contributed by atoms with E-state index >= 15 is 0 Å². The van der Waals surface area contributed by atoms with E-state index in [9.17, 15) is 19.2 Å². The summed E-state index contributed by atoms with van der Waals surface area (Å²) in [6, 6.07) is 0. The summed E-state index contributed by atoms with van der Waals surface area (Å²) in [6.45, 7) is 9.04. The maximum absolute atomic E-state index is 12.1. The lowest BCUT2D eigenvalue weighted by Gasteiger charge is -2.16. The predicted octanol–water partition coefficient (Wildman–Crippen LogP) is 3.54. The minimum atomic E-state index is -0.535. The van der Waals surface area contributed by atoms with E-state index in [0.717, 1.165) is 0 Å². The summed E-state index contributed by atoms with van der Waals surface area (Å²) in [4.78, 5) is 47.2. The Morgan fingerprint density at radius 2 is 1.56 bits per heavy atom. The van der Waals surface area contributed by atoms with Gasteiger partial charge in [-0.25, -0.2) is 0 Å². The molecule has 0 aromatic heterocycles. The van der Waals surface area contributed by atoms with Crippen molar-refractivity contribution in [2.24, 2.45) is 11.8 Å². The first kappa shape index (κ1) is 29.8. The average Bonchev–Trinajstić information content (AvgIpc) is 2.72. The fourth-order valence-electron chi connectivity index (χ4n) is 3.10. The number of carbonyl (C=O) groups excluding carboxylic acids is 4. The zero-order valence-electron chi connectivity index (χ0n) is 19.8. The van der Waals surface area contributed by atoms with E-state index in [0.29, 0.717) is 44.9 Å². The lowest BCUT2D eigenvalue weighted by atomic mass is 9.98. The van der Waals surface area contributed by atoms with Gasteiger partial charge in [-0.1, -0.05) is 6.08 Å². The van der Waals surface area contributed by atoms with Crippen LogP contribution in [0.2, 0.25) is 0 Å². The Kier molecular flexibility index (Phi) is 17.1. The van der Waals surface area contributed by atoms with Gasteiger partial charge < -0.3 is 24.1 Å². The van der Waals surface area contributed by atoms with Crippen molar-refractivity contribution in [1.29, 1.82) is 0 Å². The number of esters is 3. The Morgan fingerprint density at radius 1 is 0.906 bits per heavy atom. The van der Waals surface area contributed by atoms with Crippen LogP contribution in [0, 0.1) is 11.8 Å². The summed E-state index contributed by atoms with van der Waals surface area (Å²) in [5, 5.41) is 8.91. The van der Waals surface area contributed by atoms with Crippen LogP contribution in [0.15, 0.2) is 12.7 Å². The third-order valence-corrected chi connectivity index (χ3v) is 4.69. The second-order valence-corrected chi connectivity index (χ2v) is 8.16. The zero-order chi connectivity index (χ0) is 24.4. The van der Waals surface area contributed by atoms with Gasteiger partial charge in [0.2, 0.25) is 0 Å². The van der Waals surface area contributed by atoms with Crippen molar-refractivity contribution in [3.63, 3.8) is 0 Å². The number of aliphatic hydroxyl groups excluding tert-OH is 1. The highest BCUT2D eigenvalue weighted by molar-refractivity contribution is 5.82. The molecule has 0 aliphatic rings. The Labute approximate surface area is 191 Å². The van der Waals surface area contributed by atoms with Crippen LogP contribution in [0.1, 0.15) is 78.6 Å². The standard InChI is InChI=1S/C24H40O8/c1-5-10-20(24(29)32-18(2)3)12-9-16-30-22(27)13-6-7-15-31-23(28)21(11-8-14-25)17-19(4)26/h5,18,20-21,25H,1,6-17H2,2-4H3. The molecule has 0 aromatic carbocycles. The second kappa shape index (κ2) is 18.4. The third-order valence-electron chi connectivity index (χ3n) is 4.69. The molecule has 0 radical (unpaired) electrons. The number of Topliss-reactive ketones (excluding diaryl/α,β-unsaturated/α-hetero) is 1. The summed E-state index contributed by atoms with van der Waals surface area (Å²) in [5.74, 6) is -1.96. The van der Waals surface area contributed by atoms with E-state index in [2.05, 4.69) is 6.58 Å². The van der Waals surface area contributed by atoms with Crippen molar-refractivity contribution in [3.8, 4) is 0 Å². The first-order valence-electron chi connectivity index (χ1n) is 11.4. The van der Waals surface area contributed by atoms with Gasteiger partial charge in [0.25, 0.3) is 0 Å². The van der Waals surface area contributed by atoms with Gasteiger partial charge in [-0.3, -0.25) is 14.4 Å². The Morgan fingerprint density at radius 3 is 2.16 bits per heavy atom. The Hall–Kier alpha value is -2.22. The summed E-state index contributed by atoms with van der Waals surface area (Å²) in [7, 11) is 0. The average molecular weight is 457 g/mol. The van der Waals surface area contributed by atoms with Crippen LogP contribution in [0.5, 0.6) is 0 Å². The van der Waals surface area contributed by atoms with Gasteiger partial charge in [-0.15, -0.1) is 6.58 Å². The number of hydrogen-bond donors (Lipinski definition) is 1. The van der Waals surface area contributed by atoms with Gasteiger partial charge >= 0.3 is 17.9 Å².